The Labute approximate surface area is 110 Å². The van der Waals surface area contributed by atoms with E-state index in [-0.39, 0.29) is 0 Å². The highest BCUT2D eigenvalue weighted by Gasteiger charge is 2.00. The first-order valence-corrected chi connectivity index (χ1v) is 6.00. The Morgan fingerprint density at radius 1 is 0.684 bits per heavy atom. The largest absolute Gasteiger partial charge is 0.464 e. The van der Waals surface area contributed by atoms with Crippen LogP contribution in [0.15, 0.2) is 77.9 Å². The van der Waals surface area contributed by atoms with Crippen LogP contribution in [0.2, 0.25) is 0 Å². The van der Waals surface area contributed by atoms with Gasteiger partial charge < -0.3 is 4.42 Å². The first kappa shape index (κ1) is 11.4. The normalized spacial score (nSPS) is 10.1. The van der Waals surface area contributed by atoms with Gasteiger partial charge in [-0.1, -0.05) is 30.3 Å². The molecule has 0 aliphatic carbocycles. The second-order valence-electron chi connectivity index (χ2n) is 4.01. The molecular weight excluding hydrogens is 236 g/mol. The maximum atomic E-state index is 5.33. The minimum atomic E-state index is 0.957. The second-order valence-corrected chi connectivity index (χ2v) is 4.01. The molecule has 0 spiro atoms. The molecule has 4 aromatic rings. The third-order valence-corrected chi connectivity index (χ3v) is 2.84. The monoisotopic (exact) mass is 248 g/mol. The number of hydrogen-bond acceptors (Lipinski definition) is 3. The molecule has 0 fully saturated rings. The molecule has 0 saturated heterocycles. The van der Waals surface area contributed by atoms with E-state index in [1.807, 2.05) is 18.2 Å². The zero-order valence-corrected chi connectivity index (χ0v) is 10.2. The summed E-state index contributed by atoms with van der Waals surface area (Å²) in [6, 6.07) is 14.4. The lowest BCUT2D eigenvalue weighted by Crippen LogP contribution is -1.71. The van der Waals surface area contributed by atoms with E-state index in [0.717, 1.165) is 5.58 Å². The molecule has 0 bridgehead atoms. The van der Waals surface area contributed by atoms with Crippen molar-refractivity contribution in [3.05, 3.63) is 73.5 Å². The van der Waals surface area contributed by atoms with Gasteiger partial charge in [0, 0.05) is 30.2 Å². The first-order chi connectivity index (χ1) is 9.45. The molecule has 0 atom stereocenters. The van der Waals surface area contributed by atoms with Crippen LogP contribution in [0.5, 0.6) is 0 Å². The number of hydrogen-bond donors (Lipinski definition) is 0. The topological polar surface area (TPSA) is 38.9 Å². The first-order valence-electron chi connectivity index (χ1n) is 6.00. The molecular formula is C16H12N2O. The average Bonchev–Trinajstić information content (AvgIpc) is 2.99. The quantitative estimate of drug-likeness (QED) is 0.471. The van der Waals surface area contributed by atoms with Crippen molar-refractivity contribution in [2.45, 2.75) is 0 Å². The zero-order chi connectivity index (χ0) is 12.9. The highest BCUT2D eigenvalue weighted by Crippen LogP contribution is 2.25. The lowest BCUT2D eigenvalue weighted by molar-refractivity contribution is 0.616. The van der Waals surface area contributed by atoms with Gasteiger partial charge in [-0.05, 0) is 22.9 Å². The van der Waals surface area contributed by atoms with Crippen LogP contribution in [0.1, 0.15) is 0 Å². The van der Waals surface area contributed by atoms with Crippen molar-refractivity contribution >= 4 is 21.7 Å². The predicted molar refractivity (Wildman–Crippen MR) is 75.8 cm³/mol. The maximum Gasteiger partial charge on any atom is 0.134 e. The number of fused-ring (bicyclic) bond motifs is 3. The van der Waals surface area contributed by atoms with E-state index in [9.17, 15) is 0 Å². The van der Waals surface area contributed by atoms with Crippen molar-refractivity contribution in [2.75, 3.05) is 0 Å². The molecule has 92 valence electrons. The Hall–Kier alpha value is -2.68. The smallest absolute Gasteiger partial charge is 0.134 e. The summed E-state index contributed by atoms with van der Waals surface area (Å²) in [5.74, 6) is 0. The van der Waals surface area contributed by atoms with Crippen LogP contribution in [0, 0.1) is 0 Å². The molecule has 0 aliphatic heterocycles. The van der Waals surface area contributed by atoms with E-state index in [0.29, 0.717) is 0 Å². The lowest BCUT2D eigenvalue weighted by Gasteiger charge is -1.96. The molecule has 2 heterocycles. The average molecular weight is 248 g/mol. The number of rotatable bonds is 0. The van der Waals surface area contributed by atoms with Gasteiger partial charge in [0.25, 0.3) is 0 Å². The maximum absolute atomic E-state index is 5.33. The molecule has 0 unspecified atom stereocenters. The molecule has 2 aromatic carbocycles. The summed E-state index contributed by atoms with van der Waals surface area (Å²) >= 11 is 0. The van der Waals surface area contributed by atoms with Crippen LogP contribution < -0.4 is 0 Å². The summed E-state index contributed by atoms with van der Waals surface area (Å²) in [6.45, 7) is 0. The Morgan fingerprint density at radius 3 is 2.16 bits per heavy atom. The van der Waals surface area contributed by atoms with E-state index < -0.39 is 0 Å². The lowest BCUT2D eigenvalue weighted by atomic mass is 10.1. The summed E-state index contributed by atoms with van der Waals surface area (Å²) in [5, 5.41) is 3.71. The Balaban J connectivity index is 0.000000155. The standard InChI is InChI=1S/C12H8O.C4H4N2/c1-2-4-10-9(3-1)5-6-12-11(10)7-8-13-12;1-2-6-4-3-5-1/h1-8H;1-4H. The van der Waals surface area contributed by atoms with Gasteiger partial charge in [0.2, 0.25) is 0 Å². The molecule has 2 aromatic heterocycles. The van der Waals surface area contributed by atoms with Gasteiger partial charge in [-0.15, -0.1) is 0 Å². The minimum absolute atomic E-state index is 0.957. The van der Waals surface area contributed by atoms with E-state index in [2.05, 4.69) is 34.2 Å². The third kappa shape index (κ3) is 2.45. The van der Waals surface area contributed by atoms with Crippen LogP contribution in [0.3, 0.4) is 0 Å². The second kappa shape index (κ2) is 5.31. The SMILES string of the molecule is c1ccc2c(c1)ccc1occc12.c1cnccn1. The molecule has 0 aliphatic rings. The van der Waals surface area contributed by atoms with Crippen molar-refractivity contribution in [2.24, 2.45) is 0 Å². The van der Waals surface area contributed by atoms with Gasteiger partial charge in [-0.2, -0.15) is 0 Å². The van der Waals surface area contributed by atoms with Crippen molar-refractivity contribution in [3.63, 3.8) is 0 Å². The van der Waals surface area contributed by atoms with Gasteiger partial charge in [0.15, 0.2) is 0 Å². The number of aromatic nitrogens is 2. The van der Waals surface area contributed by atoms with Crippen molar-refractivity contribution < 1.29 is 4.42 Å². The number of nitrogens with zero attached hydrogens (tertiary/aromatic N) is 2. The third-order valence-electron chi connectivity index (χ3n) is 2.84. The van der Waals surface area contributed by atoms with E-state index in [4.69, 9.17) is 4.42 Å². The summed E-state index contributed by atoms with van der Waals surface area (Å²) in [7, 11) is 0. The Morgan fingerprint density at radius 2 is 1.42 bits per heavy atom. The molecule has 0 N–H and O–H groups in total. The summed E-state index contributed by atoms with van der Waals surface area (Å²) in [5.41, 5.74) is 0.957. The van der Waals surface area contributed by atoms with Crippen molar-refractivity contribution in [1.29, 1.82) is 0 Å². The Bertz CT molecular complexity index is 751. The molecule has 0 radical (unpaired) electrons. The highest BCUT2D eigenvalue weighted by molar-refractivity contribution is 6.05. The summed E-state index contributed by atoms with van der Waals surface area (Å²) < 4.78 is 5.33. The fraction of sp³-hybridized carbons (Fsp3) is 0. The highest BCUT2D eigenvalue weighted by atomic mass is 16.3. The van der Waals surface area contributed by atoms with Gasteiger partial charge >= 0.3 is 0 Å². The van der Waals surface area contributed by atoms with Gasteiger partial charge in [0.1, 0.15) is 5.58 Å². The van der Waals surface area contributed by atoms with Gasteiger partial charge in [0.05, 0.1) is 6.26 Å². The van der Waals surface area contributed by atoms with E-state index in [1.54, 1.807) is 31.1 Å². The van der Waals surface area contributed by atoms with Crippen LogP contribution in [-0.2, 0) is 0 Å². The molecule has 19 heavy (non-hydrogen) atoms. The predicted octanol–water partition coefficient (Wildman–Crippen LogP) is 4.06. The van der Waals surface area contributed by atoms with E-state index >= 15 is 0 Å². The molecule has 0 saturated carbocycles. The van der Waals surface area contributed by atoms with E-state index in [1.165, 1.54) is 16.2 Å². The number of furan rings is 1. The molecule has 3 nitrogen and oxygen atoms in total. The van der Waals surface area contributed by atoms with Crippen LogP contribution in [0.4, 0.5) is 0 Å². The van der Waals surface area contributed by atoms with Crippen molar-refractivity contribution in [3.8, 4) is 0 Å². The molecule has 3 heteroatoms. The van der Waals surface area contributed by atoms with Gasteiger partial charge in [-0.25, -0.2) is 0 Å². The Kier molecular flexibility index (Phi) is 3.19. The number of benzene rings is 2. The molecule has 4 rings (SSSR count). The van der Waals surface area contributed by atoms with Crippen molar-refractivity contribution in [1.82, 2.24) is 9.97 Å². The van der Waals surface area contributed by atoms with Crippen LogP contribution in [0.25, 0.3) is 21.7 Å². The summed E-state index contributed by atoms with van der Waals surface area (Å²) in [4.78, 5) is 7.44. The van der Waals surface area contributed by atoms with Gasteiger partial charge in [-0.3, -0.25) is 9.97 Å². The summed E-state index contributed by atoms with van der Waals surface area (Å²) in [6.07, 6.45) is 8.29. The fourth-order valence-corrected chi connectivity index (χ4v) is 1.98. The van der Waals surface area contributed by atoms with Crippen LogP contribution >= 0.6 is 0 Å². The van der Waals surface area contributed by atoms with Crippen LogP contribution in [-0.4, -0.2) is 9.97 Å². The zero-order valence-electron chi connectivity index (χ0n) is 10.2. The molecule has 0 amide bonds. The fourth-order valence-electron chi connectivity index (χ4n) is 1.98. The minimum Gasteiger partial charge on any atom is -0.464 e.